The van der Waals surface area contributed by atoms with Gasteiger partial charge in [-0.3, -0.25) is 4.79 Å². The van der Waals surface area contributed by atoms with Crippen LogP contribution in [0.3, 0.4) is 0 Å². The summed E-state index contributed by atoms with van der Waals surface area (Å²) < 4.78 is 42.1. The zero-order valence-electron chi connectivity index (χ0n) is 18.4. The molecule has 1 saturated heterocycles. The molecule has 0 bridgehead atoms. The van der Waals surface area contributed by atoms with E-state index in [2.05, 4.69) is 0 Å². The highest BCUT2D eigenvalue weighted by Gasteiger charge is 2.39. The van der Waals surface area contributed by atoms with Gasteiger partial charge in [0.2, 0.25) is 15.9 Å². The van der Waals surface area contributed by atoms with E-state index in [9.17, 15) is 17.6 Å². The number of amides is 1. The van der Waals surface area contributed by atoms with Crippen LogP contribution in [0.2, 0.25) is 5.02 Å². The van der Waals surface area contributed by atoms with Gasteiger partial charge in [-0.05, 0) is 63.3 Å². The van der Waals surface area contributed by atoms with Crippen LogP contribution in [0.15, 0.2) is 41.3 Å². The average Bonchev–Trinajstić information content (AvgIpc) is 3.58. The molecule has 1 aliphatic heterocycles. The molecule has 32 heavy (non-hydrogen) atoms. The number of rotatable bonds is 6. The van der Waals surface area contributed by atoms with Gasteiger partial charge in [0.1, 0.15) is 5.82 Å². The van der Waals surface area contributed by atoms with E-state index < -0.39 is 15.8 Å². The highest BCUT2D eigenvalue weighted by molar-refractivity contribution is 7.89. The molecule has 0 atom stereocenters. The fourth-order valence-corrected chi connectivity index (χ4v) is 6.33. The van der Waals surface area contributed by atoms with Crippen molar-refractivity contribution in [3.8, 4) is 0 Å². The third-order valence-corrected chi connectivity index (χ3v) is 8.83. The molecule has 2 fully saturated rings. The third kappa shape index (κ3) is 4.70. The van der Waals surface area contributed by atoms with Gasteiger partial charge in [-0.15, -0.1) is 0 Å². The predicted octanol–water partition coefficient (Wildman–Crippen LogP) is 4.69. The zero-order valence-corrected chi connectivity index (χ0v) is 19.9. The molecule has 0 unspecified atom stereocenters. The van der Waals surface area contributed by atoms with Crippen molar-refractivity contribution >= 4 is 27.5 Å². The highest BCUT2D eigenvalue weighted by atomic mass is 35.5. The van der Waals surface area contributed by atoms with Gasteiger partial charge >= 0.3 is 0 Å². The number of hydrogen-bond donors (Lipinski definition) is 0. The second-order valence-corrected chi connectivity index (χ2v) is 11.2. The smallest absolute Gasteiger partial charge is 0.243 e. The first kappa shape index (κ1) is 23.2. The summed E-state index contributed by atoms with van der Waals surface area (Å²) in [5, 5.41) is 0.317. The lowest BCUT2D eigenvalue weighted by molar-refractivity contribution is -0.138. The third-order valence-electron chi connectivity index (χ3n) is 6.41. The van der Waals surface area contributed by atoms with Crippen LogP contribution in [0.5, 0.6) is 0 Å². The molecule has 2 aromatic carbocycles. The molecule has 0 aromatic heterocycles. The van der Waals surface area contributed by atoms with E-state index in [0.717, 1.165) is 24.0 Å². The summed E-state index contributed by atoms with van der Waals surface area (Å²) >= 11 is 6.19. The standard InChI is InChI=1S/C24H28ClFN2O3S/c1-16-6-9-23(17(2)14-16)32(30,31)27-12-10-18(11-13-27)24(29)28(19-7-8-19)15-20-21(25)4-3-5-22(20)26/h3-6,9,14,18-19H,7-8,10-13,15H2,1-2H3. The molecule has 4 rings (SSSR count). The van der Waals surface area contributed by atoms with Crippen molar-refractivity contribution in [3.63, 3.8) is 0 Å². The molecule has 1 amide bonds. The van der Waals surface area contributed by atoms with Crippen LogP contribution in [-0.2, 0) is 21.4 Å². The molecule has 8 heteroatoms. The summed E-state index contributed by atoms with van der Waals surface area (Å²) in [6.07, 6.45) is 2.71. The second kappa shape index (κ2) is 9.12. The number of nitrogens with zero attached hydrogens (tertiary/aromatic N) is 2. The minimum absolute atomic E-state index is 0.0321. The van der Waals surface area contributed by atoms with Gasteiger partial charge in [-0.1, -0.05) is 35.4 Å². The Balaban J connectivity index is 1.45. The van der Waals surface area contributed by atoms with Crippen molar-refractivity contribution in [2.24, 2.45) is 5.92 Å². The summed E-state index contributed by atoms with van der Waals surface area (Å²) in [7, 11) is -3.60. The normalized spacial score (nSPS) is 18.0. The maximum Gasteiger partial charge on any atom is 0.243 e. The summed E-state index contributed by atoms with van der Waals surface area (Å²) in [5.41, 5.74) is 2.08. The number of piperidine rings is 1. The SMILES string of the molecule is Cc1ccc(S(=O)(=O)N2CCC(C(=O)N(Cc3c(F)cccc3Cl)C3CC3)CC2)c(C)c1. The molecular formula is C24H28ClFN2O3S. The lowest BCUT2D eigenvalue weighted by Gasteiger charge is -2.34. The van der Waals surface area contributed by atoms with Gasteiger partial charge in [-0.25, -0.2) is 12.8 Å². The van der Waals surface area contributed by atoms with Gasteiger partial charge in [0.25, 0.3) is 0 Å². The van der Waals surface area contributed by atoms with E-state index in [0.29, 0.717) is 41.4 Å². The molecule has 5 nitrogen and oxygen atoms in total. The van der Waals surface area contributed by atoms with Crippen LogP contribution in [0.4, 0.5) is 4.39 Å². The van der Waals surface area contributed by atoms with E-state index in [1.165, 1.54) is 10.4 Å². The minimum atomic E-state index is -3.60. The lowest BCUT2D eigenvalue weighted by atomic mass is 9.96. The molecule has 1 aliphatic carbocycles. The summed E-state index contributed by atoms with van der Waals surface area (Å²) in [5.74, 6) is -0.715. The van der Waals surface area contributed by atoms with Gasteiger partial charge in [-0.2, -0.15) is 4.31 Å². The molecule has 2 aliphatic rings. The number of carbonyl (C=O) groups is 1. The quantitative estimate of drug-likeness (QED) is 0.605. The molecule has 0 spiro atoms. The summed E-state index contributed by atoms with van der Waals surface area (Å²) in [6, 6.07) is 9.97. The Bertz CT molecular complexity index is 1110. The number of halogens is 2. The van der Waals surface area contributed by atoms with Crippen molar-refractivity contribution < 1.29 is 17.6 Å². The number of hydrogen-bond acceptors (Lipinski definition) is 3. The van der Waals surface area contributed by atoms with E-state index in [1.807, 2.05) is 13.0 Å². The Kier molecular flexibility index (Phi) is 6.61. The van der Waals surface area contributed by atoms with E-state index in [-0.39, 0.29) is 24.4 Å². The molecule has 1 saturated carbocycles. The zero-order chi connectivity index (χ0) is 23.0. The fourth-order valence-electron chi connectivity index (χ4n) is 4.43. The van der Waals surface area contributed by atoms with Crippen molar-refractivity contribution in [1.29, 1.82) is 0 Å². The van der Waals surface area contributed by atoms with Gasteiger partial charge < -0.3 is 4.90 Å². The number of aryl methyl sites for hydroxylation is 2. The van der Waals surface area contributed by atoms with Gasteiger partial charge in [0.15, 0.2) is 0 Å². The maximum absolute atomic E-state index is 14.3. The average molecular weight is 479 g/mol. The number of carbonyl (C=O) groups excluding carboxylic acids is 1. The minimum Gasteiger partial charge on any atom is -0.335 e. The molecule has 2 aromatic rings. The second-order valence-electron chi connectivity index (χ2n) is 8.84. The predicted molar refractivity (Wildman–Crippen MR) is 122 cm³/mol. The van der Waals surface area contributed by atoms with Crippen molar-refractivity contribution in [2.45, 2.75) is 57.0 Å². The monoisotopic (exact) mass is 478 g/mol. The first-order valence-corrected chi connectivity index (χ1v) is 12.8. The first-order chi connectivity index (χ1) is 15.2. The number of benzene rings is 2. The van der Waals surface area contributed by atoms with Crippen molar-refractivity contribution in [1.82, 2.24) is 9.21 Å². The Labute approximate surface area is 194 Å². The molecule has 0 radical (unpaired) electrons. The van der Waals surface area contributed by atoms with Crippen LogP contribution in [0, 0.1) is 25.6 Å². The van der Waals surface area contributed by atoms with Crippen LogP contribution >= 0.6 is 11.6 Å². The molecule has 1 heterocycles. The molecular weight excluding hydrogens is 451 g/mol. The highest BCUT2D eigenvalue weighted by Crippen LogP contribution is 2.34. The van der Waals surface area contributed by atoms with Gasteiger partial charge in [0.05, 0.1) is 11.4 Å². The maximum atomic E-state index is 14.3. The largest absolute Gasteiger partial charge is 0.335 e. The summed E-state index contributed by atoms with van der Waals surface area (Å²) in [4.78, 5) is 15.4. The lowest BCUT2D eigenvalue weighted by Crippen LogP contribution is -2.45. The Morgan fingerprint density at radius 2 is 1.81 bits per heavy atom. The first-order valence-electron chi connectivity index (χ1n) is 11.0. The van der Waals surface area contributed by atoms with Gasteiger partial charge in [0, 0.05) is 35.6 Å². The Hall–Kier alpha value is -1.96. The van der Waals surface area contributed by atoms with Crippen LogP contribution in [0.1, 0.15) is 42.4 Å². The van der Waals surface area contributed by atoms with Crippen LogP contribution < -0.4 is 0 Å². The van der Waals surface area contributed by atoms with Crippen LogP contribution in [0.25, 0.3) is 0 Å². The molecule has 0 N–H and O–H groups in total. The van der Waals surface area contributed by atoms with E-state index in [1.54, 1.807) is 36.1 Å². The van der Waals surface area contributed by atoms with E-state index in [4.69, 9.17) is 11.6 Å². The van der Waals surface area contributed by atoms with Crippen molar-refractivity contribution in [3.05, 3.63) is 63.9 Å². The molecule has 172 valence electrons. The van der Waals surface area contributed by atoms with Crippen molar-refractivity contribution in [2.75, 3.05) is 13.1 Å². The fraction of sp³-hybridized carbons (Fsp3) is 0.458. The Morgan fingerprint density at radius 3 is 2.41 bits per heavy atom. The summed E-state index contributed by atoms with van der Waals surface area (Å²) in [6.45, 7) is 4.48. The Morgan fingerprint density at radius 1 is 1.12 bits per heavy atom. The van der Waals surface area contributed by atoms with Crippen LogP contribution in [-0.4, -0.2) is 42.7 Å². The number of sulfonamides is 1. The topological polar surface area (TPSA) is 57.7 Å². The van der Waals surface area contributed by atoms with E-state index >= 15 is 0 Å².